The summed E-state index contributed by atoms with van der Waals surface area (Å²) in [6, 6.07) is 12.5. The fourth-order valence-electron chi connectivity index (χ4n) is 2.96. The Morgan fingerprint density at radius 2 is 1.96 bits per heavy atom. The zero-order valence-corrected chi connectivity index (χ0v) is 17.6. The number of halogens is 2. The molecule has 2 aromatic rings. The summed E-state index contributed by atoms with van der Waals surface area (Å²) in [6.07, 6.45) is 1.60. The monoisotopic (exact) mass is 469 g/mol. The lowest BCUT2D eigenvalue weighted by Crippen LogP contribution is -2.33. The Bertz CT molecular complexity index is 989. The first kappa shape index (κ1) is 20.1. The van der Waals surface area contributed by atoms with E-state index in [2.05, 4.69) is 15.9 Å². The first-order chi connectivity index (χ1) is 12.8. The van der Waals surface area contributed by atoms with Crippen LogP contribution in [0.3, 0.4) is 0 Å². The molecule has 0 radical (unpaired) electrons. The summed E-state index contributed by atoms with van der Waals surface area (Å²) in [5.41, 5.74) is 0.991. The van der Waals surface area contributed by atoms with E-state index in [9.17, 15) is 13.2 Å². The number of esters is 1. The Balaban J connectivity index is 2.06. The molecule has 1 atom stereocenters. The summed E-state index contributed by atoms with van der Waals surface area (Å²) in [7, 11) is -3.87. The first-order valence-electron chi connectivity index (χ1n) is 8.24. The third-order valence-electron chi connectivity index (χ3n) is 4.17. The van der Waals surface area contributed by atoms with Crippen LogP contribution in [0.5, 0.6) is 0 Å². The summed E-state index contributed by atoms with van der Waals surface area (Å²) in [4.78, 5) is 12.5. The van der Waals surface area contributed by atoms with Gasteiger partial charge in [0.25, 0.3) is 0 Å². The van der Waals surface area contributed by atoms with Gasteiger partial charge in [0.2, 0.25) is 10.0 Å². The van der Waals surface area contributed by atoms with Gasteiger partial charge in [-0.15, -0.1) is 0 Å². The number of benzene rings is 2. The number of carbonyl (C=O) groups is 1. The largest absolute Gasteiger partial charge is 0.463 e. The van der Waals surface area contributed by atoms with Crippen LogP contribution >= 0.6 is 27.5 Å². The fraction of sp³-hybridized carbons (Fsp3) is 0.211. The topological polar surface area (TPSA) is 63.7 Å². The lowest BCUT2D eigenvalue weighted by Gasteiger charge is -2.26. The van der Waals surface area contributed by atoms with E-state index >= 15 is 0 Å². The molecule has 2 aromatic carbocycles. The molecule has 0 saturated heterocycles. The van der Waals surface area contributed by atoms with Crippen LogP contribution in [-0.2, 0) is 19.6 Å². The SMILES string of the molecule is CCOC(=O)C1=CCN(S(=O)(=O)c2cccc(Cl)c2)C1c1ccc(Br)cc1. The highest BCUT2D eigenvalue weighted by Gasteiger charge is 2.41. The normalized spacial score (nSPS) is 17.6. The smallest absolute Gasteiger partial charge is 0.335 e. The Morgan fingerprint density at radius 1 is 1.26 bits per heavy atom. The van der Waals surface area contributed by atoms with Crippen LogP contribution in [0, 0.1) is 0 Å². The molecule has 1 aliphatic heterocycles. The van der Waals surface area contributed by atoms with Gasteiger partial charge in [0, 0.05) is 16.0 Å². The van der Waals surface area contributed by atoms with Crippen molar-refractivity contribution < 1.29 is 17.9 Å². The van der Waals surface area contributed by atoms with Gasteiger partial charge in [0.1, 0.15) is 0 Å². The second-order valence-corrected chi connectivity index (χ2v) is 9.11. The van der Waals surface area contributed by atoms with Crippen molar-refractivity contribution >= 4 is 43.5 Å². The minimum Gasteiger partial charge on any atom is -0.463 e. The standard InChI is InChI=1S/C19H17BrClNO4S/c1-2-26-19(23)17-10-11-22(18(17)13-6-8-14(20)9-7-13)27(24,25)16-5-3-4-15(21)12-16/h3-10,12,18H,2,11H2,1H3. The van der Waals surface area contributed by atoms with E-state index in [4.69, 9.17) is 16.3 Å². The summed E-state index contributed by atoms with van der Waals surface area (Å²) in [5.74, 6) is -0.519. The van der Waals surface area contributed by atoms with Crippen molar-refractivity contribution in [1.29, 1.82) is 0 Å². The third-order valence-corrected chi connectivity index (χ3v) is 6.76. The average molecular weight is 471 g/mol. The van der Waals surface area contributed by atoms with Crippen LogP contribution in [0.4, 0.5) is 0 Å². The molecule has 0 fully saturated rings. The number of carbonyl (C=O) groups excluding carboxylic acids is 1. The van der Waals surface area contributed by atoms with Crippen LogP contribution in [0.2, 0.25) is 5.02 Å². The lowest BCUT2D eigenvalue weighted by atomic mass is 10.0. The second kappa shape index (κ2) is 8.14. The molecule has 1 heterocycles. The lowest BCUT2D eigenvalue weighted by molar-refractivity contribution is -0.138. The highest BCUT2D eigenvalue weighted by atomic mass is 79.9. The van der Waals surface area contributed by atoms with Crippen LogP contribution in [0.1, 0.15) is 18.5 Å². The first-order valence-corrected chi connectivity index (χ1v) is 10.9. The van der Waals surface area contributed by atoms with Crippen LogP contribution in [-0.4, -0.2) is 31.8 Å². The third kappa shape index (κ3) is 4.11. The maximum absolute atomic E-state index is 13.2. The molecule has 3 rings (SSSR count). The van der Waals surface area contributed by atoms with Gasteiger partial charge in [-0.25, -0.2) is 13.2 Å². The van der Waals surface area contributed by atoms with E-state index in [1.165, 1.54) is 16.4 Å². The van der Waals surface area contributed by atoms with Crippen LogP contribution in [0.15, 0.2) is 69.5 Å². The number of nitrogens with zero attached hydrogens (tertiary/aromatic N) is 1. The van der Waals surface area contributed by atoms with E-state index in [0.717, 1.165) is 4.47 Å². The molecule has 0 amide bonds. The van der Waals surface area contributed by atoms with E-state index < -0.39 is 22.0 Å². The predicted octanol–water partition coefficient (Wildman–Crippen LogP) is 4.34. The number of hydrogen-bond donors (Lipinski definition) is 0. The van der Waals surface area contributed by atoms with Gasteiger partial charge in [0.15, 0.2) is 0 Å². The highest BCUT2D eigenvalue weighted by Crippen LogP contribution is 2.38. The molecule has 0 spiro atoms. The number of sulfonamides is 1. The Hall–Kier alpha value is -1.67. The quantitative estimate of drug-likeness (QED) is 0.610. The molecule has 5 nitrogen and oxygen atoms in total. The fourth-order valence-corrected chi connectivity index (χ4v) is 5.06. The minimum atomic E-state index is -3.87. The average Bonchev–Trinajstić information content (AvgIpc) is 3.08. The van der Waals surface area contributed by atoms with Crippen molar-refractivity contribution in [3.63, 3.8) is 0 Å². The zero-order chi connectivity index (χ0) is 19.6. The maximum Gasteiger partial charge on any atom is 0.335 e. The molecule has 0 bridgehead atoms. The van der Waals surface area contributed by atoms with E-state index in [-0.39, 0.29) is 18.0 Å². The summed E-state index contributed by atoms with van der Waals surface area (Å²) in [5, 5.41) is 0.328. The minimum absolute atomic E-state index is 0.0731. The van der Waals surface area contributed by atoms with Crippen molar-refractivity contribution in [2.75, 3.05) is 13.2 Å². The van der Waals surface area contributed by atoms with Gasteiger partial charge in [0.05, 0.1) is 23.1 Å². The van der Waals surface area contributed by atoms with Gasteiger partial charge in [-0.05, 0) is 42.8 Å². The number of hydrogen-bond acceptors (Lipinski definition) is 4. The van der Waals surface area contributed by atoms with Crippen molar-refractivity contribution in [3.05, 3.63) is 75.2 Å². The zero-order valence-electron chi connectivity index (χ0n) is 14.4. The molecule has 0 aliphatic carbocycles. The van der Waals surface area contributed by atoms with Gasteiger partial charge in [-0.1, -0.05) is 51.8 Å². The van der Waals surface area contributed by atoms with E-state index in [1.54, 1.807) is 49.4 Å². The van der Waals surface area contributed by atoms with Gasteiger partial charge in [-0.3, -0.25) is 0 Å². The van der Waals surface area contributed by atoms with Gasteiger partial charge < -0.3 is 4.74 Å². The molecular weight excluding hydrogens is 454 g/mol. The molecule has 0 saturated carbocycles. The van der Waals surface area contributed by atoms with Crippen molar-refractivity contribution in [1.82, 2.24) is 4.31 Å². The highest BCUT2D eigenvalue weighted by molar-refractivity contribution is 9.10. The summed E-state index contributed by atoms with van der Waals surface area (Å²) in [6.45, 7) is 2.00. The number of ether oxygens (including phenoxy) is 1. The van der Waals surface area contributed by atoms with Crippen molar-refractivity contribution in [2.45, 2.75) is 17.9 Å². The van der Waals surface area contributed by atoms with Crippen molar-refractivity contribution in [3.8, 4) is 0 Å². The van der Waals surface area contributed by atoms with Gasteiger partial charge in [-0.2, -0.15) is 4.31 Å². The van der Waals surface area contributed by atoms with E-state index in [0.29, 0.717) is 16.2 Å². The molecule has 8 heteroatoms. The Morgan fingerprint density at radius 3 is 2.59 bits per heavy atom. The van der Waals surface area contributed by atoms with Crippen molar-refractivity contribution in [2.24, 2.45) is 0 Å². The van der Waals surface area contributed by atoms with E-state index in [1.807, 2.05) is 0 Å². The van der Waals surface area contributed by atoms with Crippen LogP contribution in [0.25, 0.3) is 0 Å². The predicted molar refractivity (Wildman–Crippen MR) is 107 cm³/mol. The van der Waals surface area contributed by atoms with Crippen LogP contribution < -0.4 is 0 Å². The molecule has 0 N–H and O–H groups in total. The Kier molecular flexibility index (Phi) is 6.05. The summed E-state index contributed by atoms with van der Waals surface area (Å²) >= 11 is 9.34. The number of rotatable bonds is 5. The molecule has 27 heavy (non-hydrogen) atoms. The molecule has 1 aliphatic rings. The summed E-state index contributed by atoms with van der Waals surface area (Å²) < 4.78 is 33.7. The molecule has 142 valence electrons. The van der Waals surface area contributed by atoms with Gasteiger partial charge >= 0.3 is 5.97 Å². The Labute approximate surface area is 171 Å². The second-order valence-electron chi connectivity index (χ2n) is 5.87. The molecule has 1 unspecified atom stereocenters. The molecule has 0 aromatic heterocycles. The molecular formula is C19H17BrClNO4S. The maximum atomic E-state index is 13.2.